The number of nitrogens with one attached hydrogen (secondary N) is 2. The molecule has 0 saturated carbocycles. The molecule has 7 nitrogen and oxygen atoms in total. The number of fused-ring (bicyclic) bond motifs is 1. The highest BCUT2D eigenvalue weighted by molar-refractivity contribution is 5.93. The third kappa shape index (κ3) is 6.15. The van der Waals surface area contributed by atoms with E-state index in [0.29, 0.717) is 25.3 Å². The molecule has 0 aliphatic carbocycles. The third-order valence-corrected chi connectivity index (χ3v) is 5.08. The highest BCUT2D eigenvalue weighted by Crippen LogP contribution is 2.41. The van der Waals surface area contributed by atoms with Gasteiger partial charge in [0.2, 0.25) is 0 Å². The number of benzene rings is 2. The van der Waals surface area contributed by atoms with Crippen molar-refractivity contribution in [1.82, 2.24) is 15.5 Å². The molecule has 7 heteroatoms. The van der Waals surface area contributed by atoms with Crippen LogP contribution in [0.2, 0.25) is 0 Å². The van der Waals surface area contributed by atoms with Crippen LogP contribution in [-0.2, 0) is 13.0 Å². The second-order valence-electron chi connectivity index (χ2n) is 8.65. The minimum absolute atomic E-state index is 0.00641. The Morgan fingerprint density at radius 3 is 2.59 bits per heavy atom. The highest BCUT2D eigenvalue weighted by Gasteiger charge is 2.32. The number of para-hydroxylation sites is 1. The summed E-state index contributed by atoms with van der Waals surface area (Å²) in [5, 5.41) is 6.55. The van der Waals surface area contributed by atoms with Crippen molar-refractivity contribution < 1.29 is 14.3 Å². The van der Waals surface area contributed by atoms with Gasteiger partial charge in [-0.25, -0.2) is 4.99 Å². The average molecular weight is 439 g/mol. The summed E-state index contributed by atoms with van der Waals surface area (Å²) in [6, 6.07) is 13.6. The number of carbonyl (C=O) groups excluding carboxylic acids is 1. The lowest BCUT2D eigenvalue weighted by Crippen LogP contribution is -2.39. The maximum absolute atomic E-state index is 12.0. The topological polar surface area (TPSA) is 75.2 Å². The number of hydrogen-bond donors (Lipinski definition) is 2. The van der Waals surface area contributed by atoms with Crippen LogP contribution in [0.5, 0.6) is 11.5 Å². The van der Waals surface area contributed by atoms with Crippen LogP contribution in [0.15, 0.2) is 47.5 Å². The fourth-order valence-corrected chi connectivity index (χ4v) is 3.55. The lowest BCUT2D eigenvalue weighted by molar-refractivity contribution is 0.0827. The Labute approximate surface area is 190 Å². The van der Waals surface area contributed by atoms with E-state index in [9.17, 15) is 4.79 Å². The summed E-state index contributed by atoms with van der Waals surface area (Å²) >= 11 is 0. The molecular weight excluding hydrogens is 404 g/mol. The number of amides is 1. The first-order valence-electron chi connectivity index (χ1n) is 11.1. The zero-order chi connectivity index (χ0) is 23.1. The van der Waals surface area contributed by atoms with Gasteiger partial charge in [0.1, 0.15) is 12.2 Å². The zero-order valence-electron chi connectivity index (χ0n) is 19.7. The van der Waals surface area contributed by atoms with Gasteiger partial charge in [-0.1, -0.05) is 24.3 Å². The van der Waals surface area contributed by atoms with Crippen LogP contribution in [0.3, 0.4) is 0 Å². The van der Waals surface area contributed by atoms with E-state index in [-0.39, 0.29) is 11.5 Å². The van der Waals surface area contributed by atoms with Crippen molar-refractivity contribution in [3.63, 3.8) is 0 Å². The molecule has 1 heterocycles. The Balaban J connectivity index is 1.51. The van der Waals surface area contributed by atoms with Crippen LogP contribution in [0.4, 0.5) is 0 Å². The molecule has 0 radical (unpaired) electrons. The van der Waals surface area contributed by atoms with Gasteiger partial charge in [-0.2, -0.15) is 0 Å². The fraction of sp³-hybridized carbons (Fsp3) is 0.440. The normalized spacial score (nSPS) is 14.3. The number of carbonyl (C=O) groups is 1. The minimum atomic E-state index is -0.192. The first kappa shape index (κ1) is 23.4. The third-order valence-electron chi connectivity index (χ3n) is 5.08. The molecule has 0 fully saturated rings. The first-order valence-corrected chi connectivity index (χ1v) is 11.1. The molecular formula is C25H34N4O3. The molecule has 2 aromatic rings. The molecule has 2 N–H and O–H groups in total. The molecule has 0 unspecified atom stereocenters. The summed E-state index contributed by atoms with van der Waals surface area (Å²) in [6.07, 6.45) is 0.888. The van der Waals surface area contributed by atoms with E-state index in [1.54, 1.807) is 19.0 Å². The summed E-state index contributed by atoms with van der Waals surface area (Å²) in [5.74, 6) is 2.35. The van der Waals surface area contributed by atoms with Gasteiger partial charge >= 0.3 is 0 Å². The van der Waals surface area contributed by atoms with Crippen LogP contribution >= 0.6 is 0 Å². The van der Waals surface area contributed by atoms with E-state index < -0.39 is 0 Å². The van der Waals surface area contributed by atoms with Gasteiger partial charge in [-0.15, -0.1) is 0 Å². The number of ether oxygens (including phenoxy) is 2. The van der Waals surface area contributed by atoms with Crippen LogP contribution in [0.25, 0.3) is 0 Å². The summed E-state index contributed by atoms with van der Waals surface area (Å²) in [5.41, 5.74) is 2.70. The fourth-order valence-electron chi connectivity index (χ4n) is 3.55. The van der Waals surface area contributed by atoms with Crippen LogP contribution in [0, 0.1) is 0 Å². The predicted molar refractivity (Wildman–Crippen MR) is 128 cm³/mol. The Morgan fingerprint density at radius 2 is 1.91 bits per heavy atom. The van der Waals surface area contributed by atoms with Gasteiger partial charge in [0.05, 0.1) is 13.1 Å². The Kier molecular flexibility index (Phi) is 7.62. The van der Waals surface area contributed by atoms with E-state index in [1.807, 2.05) is 43.3 Å². The molecule has 32 heavy (non-hydrogen) atoms. The van der Waals surface area contributed by atoms with Crippen molar-refractivity contribution in [2.24, 2.45) is 4.99 Å². The zero-order valence-corrected chi connectivity index (χ0v) is 19.7. The van der Waals surface area contributed by atoms with Crippen molar-refractivity contribution in [3.8, 4) is 11.5 Å². The largest absolute Gasteiger partial charge is 0.488 e. The molecule has 3 rings (SSSR count). The molecule has 0 atom stereocenters. The van der Waals surface area contributed by atoms with Crippen molar-refractivity contribution >= 4 is 11.9 Å². The summed E-state index contributed by atoms with van der Waals surface area (Å²) < 4.78 is 12.0. The quantitative estimate of drug-likeness (QED) is 0.376. The highest BCUT2D eigenvalue weighted by atomic mass is 16.5. The van der Waals surface area contributed by atoms with Crippen molar-refractivity contribution in [3.05, 3.63) is 59.2 Å². The van der Waals surface area contributed by atoms with Gasteiger partial charge in [-0.05, 0) is 44.5 Å². The molecule has 0 saturated heterocycles. The smallest absolute Gasteiger partial charge is 0.253 e. The molecule has 0 bridgehead atoms. The molecule has 1 amide bonds. The number of aliphatic imine (C=N–C) groups is 1. The van der Waals surface area contributed by atoms with Gasteiger partial charge in [0.15, 0.2) is 17.5 Å². The Hall–Kier alpha value is -3.22. The van der Waals surface area contributed by atoms with E-state index in [2.05, 4.69) is 35.5 Å². The SMILES string of the molecule is CCNC(=NCc1ccc(C(=O)N(C)C)cc1)NCCOc1cccc2c1OC(C)(C)C2. The average Bonchev–Trinajstić information content (AvgIpc) is 3.09. The minimum Gasteiger partial charge on any atom is -0.488 e. The molecule has 172 valence electrons. The van der Waals surface area contributed by atoms with Gasteiger partial charge in [0, 0.05) is 38.2 Å². The van der Waals surface area contributed by atoms with Crippen LogP contribution in [0.1, 0.15) is 42.3 Å². The number of guanidine groups is 1. The van der Waals surface area contributed by atoms with Gasteiger partial charge in [-0.3, -0.25) is 4.79 Å². The molecule has 2 aromatic carbocycles. The number of hydrogen-bond acceptors (Lipinski definition) is 4. The first-order chi connectivity index (χ1) is 15.3. The maximum atomic E-state index is 12.0. The van der Waals surface area contributed by atoms with Crippen molar-refractivity contribution in [2.75, 3.05) is 33.8 Å². The Morgan fingerprint density at radius 1 is 1.16 bits per heavy atom. The molecule has 1 aliphatic rings. The summed E-state index contributed by atoms with van der Waals surface area (Å²) in [6.45, 7) is 8.58. The summed E-state index contributed by atoms with van der Waals surface area (Å²) in [7, 11) is 3.50. The van der Waals surface area contributed by atoms with E-state index >= 15 is 0 Å². The monoisotopic (exact) mass is 438 g/mol. The van der Waals surface area contributed by atoms with Gasteiger partial charge < -0.3 is 25.0 Å². The molecule has 1 aliphatic heterocycles. The Bertz CT molecular complexity index is 952. The maximum Gasteiger partial charge on any atom is 0.253 e. The molecule has 0 aromatic heterocycles. The lowest BCUT2D eigenvalue weighted by atomic mass is 10.0. The van der Waals surface area contributed by atoms with E-state index in [4.69, 9.17) is 9.47 Å². The standard InChI is InChI=1S/C25H34N4O3/c1-6-26-24(28-17-18-10-12-19(13-11-18)23(30)29(4)5)27-14-15-31-21-9-7-8-20-16-25(2,3)32-22(20)21/h7-13H,6,14-17H2,1-5H3,(H2,26,27,28). The summed E-state index contributed by atoms with van der Waals surface area (Å²) in [4.78, 5) is 18.2. The second-order valence-corrected chi connectivity index (χ2v) is 8.65. The van der Waals surface area contributed by atoms with Gasteiger partial charge in [0.25, 0.3) is 5.91 Å². The number of rotatable bonds is 8. The lowest BCUT2D eigenvalue weighted by Gasteiger charge is -2.18. The van der Waals surface area contributed by atoms with E-state index in [0.717, 1.165) is 36.0 Å². The predicted octanol–water partition coefficient (Wildman–Crippen LogP) is 3.24. The van der Waals surface area contributed by atoms with Crippen LogP contribution in [-0.4, -0.2) is 56.2 Å². The molecule has 0 spiro atoms. The second kappa shape index (κ2) is 10.4. The van der Waals surface area contributed by atoms with Crippen molar-refractivity contribution in [2.45, 2.75) is 39.3 Å². The number of nitrogens with zero attached hydrogens (tertiary/aromatic N) is 2. The van der Waals surface area contributed by atoms with Crippen molar-refractivity contribution in [1.29, 1.82) is 0 Å². The van der Waals surface area contributed by atoms with E-state index in [1.165, 1.54) is 5.56 Å². The van der Waals surface area contributed by atoms with Crippen LogP contribution < -0.4 is 20.1 Å².